The molecule has 0 spiro atoms. The Bertz CT molecular complexity index is 3400. The molecule has 3 heteroatoms. The summed E-state index contributed by atoms with van der Waals surface area (Å²) < 4.78 is 13.9. The first-order valence-corrected chi connectivity index (χ1v) is 22.0. The molecule has 0 aliphatic heterocycles. The zero-order chi connectivity index (χ0) is 41.9. The van der Waals surface area contributed by atoms with Crippen molar-refractivity contribution in [3.63, 3.8) is 0 Å². The second-order valence-electron chi connectivity index (χ2n) is 16.6. The van der Waals surface area contributed by atoms with Gasteiger partial charge in [-0.2, -0.15) is 0 Å². The smallest absolute Gasteiger partial charge is 0.143 e. The van der Waals surface area contributed by atoms with Gasteiger partial charge < -0.3 is 13.7 Å². The third-order valence-electron chi connectivity index (χ3n) is 12.9. The molecule has 0 radical (unpaired) electrons. The Labute approximate surface area is 366 Å². The second-order valence-corrected chi connectivity index (χ2v) is 16.6. The van der Waals surface area contributed by atoms with E-state index in [0.29, 0.717) is 0 Å². The van der Waals surface area contributed by atoms with E-state index in [0.717, 1.165) is 119 Å². The Balaban J connectivity index is 0.917. The average molecular weight is 810 g/mol. The van der Waals surface area contributed by atoms with Crippen molar-refractivity contribution in [1.82, 2.24) is 0 Å². The zero-order valence-electron chi connectivity index (χ0n) is 35.0. The van der Waals surface area contributed by atoms with Crippen molar-refractivity contribution in [3.05, 3.63) is 206 Å². The number of unbranched alkanes of at least 4 members (excludes halogenated alkanes) is 1. The maximum absolute atomic E-state index is 6.95. The standard InChI is InChI=1S/C60H43NO2/c1-2-3-36-61(45-32-28-41(29-33-45)49-24-14-26-51-55-47-22-12-10-20-43(47)37-53(59(55)62-57(49)51)39-16-6-4-7-17-39)46-34-30-42(31-35-46)50-25-15-27-52-56-48-23-13-11-21-44(48)38-54(60(56)63-58(50)52)40-18-8-5-9-19-40/h4-35,37-38H,2-3,36H2,1H3. The van der Waals surface area contributed by atoms with Gasteiger partial charge in [0, 0.05) is 61.7 Å². The minimum absolute atomic E-state index is 0.913. The van der Waals surface area contributed by atoms with Crippen LogP contribution in [-0.4, -0.2) is 6.54 Å². The van der Waals surface area contributed by atoms with Crippen molar-refractivity contribution in [3.8, 4) is 44.5 Å². The van der Waals surface area contributed by atoms with Gasteiger partial charge in [0.15, 0.2) is 0 Å². The fourth-order valence-electron chi connectivity index (χ4n) is 9.78. The summed E-state index contributed by atoms with van der Waals surface area (Å²) in [6, 6.07) is 74.1. The van der Waals surface area contributed by atoms with E-state index in [1.807, 2.05) is 0 Å². The number of fused-ring (bicyclic) bond motifs is 10. The molecule has 0 aliphatic carbocycles. The van der Waals surface area contributed by atoms with E-state index in [-0.39, 0.29) is 0 Å². The highest BCUT2D eigenvalue weighted by molar-refractivity contribution is 6.25. The lowest BCUT2D eigenvalue weighted by Crippen LogP contribution is -2.18. The van der Waals surface area contributed by atoms with Crippen LogP contribution in [0.4, 0.5) is 11.4 Å². The molecule has 3 nitrogen and oxygen atoms in total. The summed E-state index contributed by atoms with van der Waals surface area (Å²) in [5, 5.41) is 9.42. The predicted molar refractivity (Wildman–Crippen MR) is 266 cm³/mol. The molecule has 12 rings (SSSR count). The molecule has 63 heavy (non-hydrogen) atoms. The van der Waals surface area contributed by atoms with Crippen molar-refractivity contribution in [2.24, 2.45) is 0 Å². The van der Waals surface area contributed by atoms with Gasteiger partial charge in [-0.05, 0) is 86.6 Å². The molecule has 0 saturated carbocycles. The molecule has 0 atom stereocenters. The Hall–Kier alpha value is -7.88. The van der Waals surface area contributed by atoms with E-state index in [2.05, 4.69) is 218 Å². The fourth-order valence-corrected chi connectivity index (χ4v) is 9.78. The first-order valence-electron chi connectivity index (χ1n) is 22.0. The molecule has 0 saturated heterocycles. The van der Waals surface area contributed by atoms with Crippen LogP contribution in [-0.2, 0) is 0 Å². The summed E-state index contributed by atoms with van der Waals surface area (Å²) in [6.07, 6.45) is 2.18. The molecule has 2 heterocycles. The highest BCUT2D eigenvalue weighted by Crippen LogP contribution is 2.46. The number of hydrogen-bond donors (Lipinski definition) is 0. The van der Waals surface area contributed by atoms with E-state index >= 15 is 0 Å². The van der Waals surface area contributed by atoms with Crippen LogP contribution in [0.5, 0.6) is 0 Å². The summed E-state index contributed by atoms with van der Waals surface area (Å²) in [5.74, 6) is 0. The molecule has 2 aromatic heterocycles. The Morgan fingerprint density at radius 3 is 1.19 bits per heavy atom. The van der Waals surface area contributed by atoms with Gasteiger partial charge in [0.05, 0.1) is 0 Å². The molecule has 0 N–H and O–H groups in total. The van der Waals surface area contributed by atoms with Gasteiger partial charge in [0.2, 0.25) is 0 Å². The Morgan fingerprint density at radius 2 is 0.746 bits per heavy atom. The normalized spacial score (nSPS) is 11.8. The van der Waals surface area contributed by atoms with E-state index in [4.69, 9.17) is 8.83 Å². The van der Waals surface area contributed by atoms with E-state index in [1.165, 1.54) is 21.5 Å². The van der Waals surface area contributed by atoms with Crippen molar-refractivity contribution in [1.29, 1.82) is 0 Å². The number of rotatable bonds is 9. The van der Waals surface area contributed by atoms with Crippen LogP contribution >= 0.6 is 0 Å². The quantitative estimate of drug-likeness (QED) is 0.145. The van der Waals surface area contributed by atoms with Crippen LogP contribution in [0.3, 0.4) is 0 Å². The maximum atomic E-state index is 6.95. The Kier molecular flexibility index (Phi) is 8.93. The maximum Gasteiger partial charge on any atom is 0.143 e. The van der Waals surface area contributed by atoms with E-state index < -0.39 is 0 Å². The number of furan rings is 2. The lowest BCUT2D eigenvalue weighted by atomic mass is 9.95. The molecule has 0 unspecified atom stereocenters. The van der Waals surface area contributed by atoms with Crippen molar-refractivity contribution in [2.45, 2.75) is 19.8 Å². The number of benzene rings is 10. The predicted octanol–water partition coefficient (Wildman–Crippen LogP) is 17.4. The molecule has 12 aromatic rings. The fraction of sp³-hybridized carbons (Fsp3) is 0.0667. The lowest BCUT2D eigenvalue weighted by molar-refractivity contribution is 0.671. The van der Waals surface area contributed by atoms with Crippen LogP contribution in [0, 0.1) is 0 Å². The summed E-state index contributed by atoms with van der Waals surface area (Å²) in [7, 11) is 0. The summed E-state index contributed by atoms with van der Waals surface area (Å²) in [6.45, 7) is 3.17. The topological polar surface area (TPSA) is 29.5 Å². The molecule has 10 aromatic carbocycles. The molecule has 0 aliphatic rings. The third kappa shape index (κ3) is 6.19. The van der Waals surface area contributed by atoms with Crippen LogP contribution in [0.2, 0.25) is 0 Å². The minimum atomic E-state index is 0.913. The van der Waals surface area contributed by atoms with Crippen LogP contribution in [0.1, 0.15) is 19.8 Å². The number of nitrogens with zero attached hydrogens (tertiary/aromatic N) is 1. The number of hydrogen-bond acceptors (Lipinski definition) is 3. The largest absolute Gasteiger partial charge is 0.455 e. The van der Waals surface area contributed by atoms with Gasteiger partial charge in [0.1, 0.15) is 22.3 Å². The van der Waals surface area contributed by atoms with Crippen molar-refractivity contribution < 1.29 is 8.83 Å². The first-order chi connectivity index (χ1) is 31.2. The van der Waals surface area contributed by atoms with Crippen molar-refractivity contribution in [2.75, 3.05) is 11.4 Å². The third-order valence-corrected chi connectivity index (χ3v) is 12.9. The van der Waals surface area contributed by atoms with E-state index in [9.17, 15) is 0 Å². The number of para-hydroxylation sites is 2. The Morgan fingerprint density at radius 1 is 0.349 bits per heavy atom. The monoisotopic (exact) mass is 809 g/mol. The first kappa shape index (κ1) is 36.9. The van der Waals surface area contributed by atoms with Crippen LogP contribution < -0.4 is 4.90 Å². The number of anilines is 2. The average Bonchev–Trinajstić information content (AvgIpc) is 3.95. The molecule has 0 bridgehead atoms. The SMILES string of the molecule is CCCCN(c1ccc(-c2cccc3c2oc2c(-c4ccccc4)cc4ccccc4c23)cc1)c1ccc(-c2cccc3c2oc2c(-c4ccccc4)cc4ccccc4c23)cc1. The van der Waals surface area contributed by atoms with Crippen LogP contribution in [0.25, 0.3) is 110 Å². The molecule has 0 fully saturated rings. The van der Waals surface area contributed by atoms with Gasteiger partial charge >= 0.3 is 0 Å². The van der Waals surface area contributed by atoms with Gasteiger partial charge in [-0.15, -0.1) is 0 Å². The molecular weight excluding hydrogens is 767 g/mol. The molecular formula is C60H43NO2. The summed E-state index contributed by atoms with van der Waals surface area (Å²) >= 11 is 0. The molecule has 0 amide bonds. The van der Waals surface area contributed by atoms with Gasteiger partial charge in [-0.1, -0.05) is 183 Å². The highest BCUT2D eigenvalue weighted by Gasteiger charge is 2.21. The van der Waals surface area contributed by atoms with Gasteiger partial charge in [-0.3, -0.25) is 0 Å². The highest BCUT2D eigenvalue weighted by atomic mass is 16.3. The summed E-state index contributed by atoms with van der Waals surface area (Å²) in [5.41, 5.74) is 15.0. The van der Waals surface area contributed by atoms with Crippen molar-refractivity contribution >= 4 is 76.8 Å². The van der Waals surface area contributed by atoms with Gasteiger partial charge in [0.25, 0.3) is 0 Å². The lowest BCUT2D eigenvalue weighted by Gasteiger charge is -2.25. The molecule has 300 valence electrons. The second kappa shape index (κ2) is 15.2. The zero-order valence-corrected chi connectivity index (χ0v) is 35.0. The minimum Gasteiger partial charge on any atom is -0.455 e. The van der Waals surface area contributed by atoms with E-state index in [1.54, 1.807) is 0 Å². The van der Waals surface area contributed by atoms with Gasteiger partial charge in [-0.25, -0.2) is 0 Å². The summed E-state index contributed by atoms with van der Waals surface area (Å²) in [4.78, 5) is 2.44. The van der Waals surface area contributed by atoms with Crippen LogP contribution in [0.15, 0.2) is 215 Å².